The fourth-order valence-electron chi connectivity index (χ4n) is 1.67. The molecule has 0 unspecified atom stereocenters. The molecule has 0 saturated heterocycles. The van der Waals surface area contributed by atoms with Crippen LogP contribution in [0.5, 0.6) is 0 Å². The van der Waals surface area contributed by atoms with Crippen molar-refractivity contribution in [3.63, 3.8) is 0 Å². The predicted octanol–water partition coefficient (Wildman–Crippen LogP) is 4.66. The van der Waals surface area contributed by atoms with Gasteiger partial charge in [0, 0.05) is 0 Å². The van der Waals surface area contributed by atoms with Gasteiger partial charge in [-0.1, -0.05) is 25.3 Å². The number of allylic oxidation sites excluding steroid dienone is 1. The van der Waals surface area contributed by atoms with Crippen LogP contribution in [0.1, 0.15) is 12.5 Å². The van der Waals surface area contributed by atoms with Crippen LogP contribution >= 0.6 is 0 Å². The first kappa shape index (κ1) is 14.9. The molecule has 0 N–H and O–H groups in total. The van der Waals surface area contributed by atoms with Crippen LogP contribution in [0.25, 0.3) is 5.57 Å². The summed E-state index contributed by atoms with van der Waals surface area (Å²) < 4.78 is 65.9. The first-order chi connectivity index (χ1) is 8.06. The standard InChI is InChI=1S/C12H13F5Si/c1-6(5-18(2,3)4)7-8(13)10(15)12(17)11(16)9(7)14/h5H,1-4H3/b6-5+. The normalized spacial score (nSPS) is 13.1. The van der Waals surface area contributed by atoms with Crippen LogP contribution < -0.4 is 0 Å². The van der Waals surface area contributed by atoms with Crippen LogP contribution in [-0.4, -0.2) is 8.07 Å². The highest BCUT2D eigenvalue weighted by atomic mass is 28.3. The van der Waals surface area contributed by atoms with Gasteiger partial charge in [-0.3, -0.25) is 0 Å². The second-order valence-corrected chi connectivity index (χ2v) is 10.2. The van der Waals surface area contributed by atoms with Gasteiger partial charge in [0.15, 0.2) is 23.3 Å². The lowest BCUT2D eigenvalue weighted by Gasteiger charge is -2.14. The summed E-state index contributed by atoms with van der Waals surface area (Å²) in [4.78, 5) is 0. The van der Waals surface area contributed by atoms with E-state index in [4.69, 9.17) is 0 Å². The van der Waals surface area contributed by atoms with Crippen LogP contribution in [-0.2, 0) is 0 Å². The van der Waals surface area contributed by atoms with E-state index in [0.717, 1.165) is 0 Å². The molecule has 0 aromatic heterocycles. The molecule has 0 aliphatic rings. The van der Waals surface area contributed by atoms with Crippen molar-refractivity contribution in [2.75, 3.05) is 0 Å². The molecule has 1 rings (SSSR count). The molecular weight excluding hydrogens is 267 g/mol. The maximum atomic E-state index is 13.5. The molecular formula is C12H13F5Si. The van der Waals surface area contributed by atoms with E-state index in [1.165, 1.54) is 6.92 Å². The highest BCUT2D eigenvalue weighted by Crippen LogP contribution is 2.29. The monoisotopic (exact) mass is 280 g/mol. The van der Waals surface area contributed by atoms with Crippen molar-refractivity contribution >= 4 is 13.6 Å². The van der Waals surface area contributed by atoms with Crippen molar-refractivity contribution in [1.29, 1.82) is 0 Å². The van der Waals surface area contributed by atoms with Gasteiger partial charge in [-0.25, -0.2) is 22.0 Å². The second-order valence-electron chi connectivity index (χ2n) is 5.14. The molecule has 0 aliphatic carbocycles. The lowest BCUT2D eigenvalue weighted by Crippen LogP contribution is -2.17. The third kappa shape index (κ3) is 2.80. The first-order valence-electron chi connectivity index (χ1n) is 5.27. The zero-order valence-electron chi connectivity index (χ0n) is 10.5. The van der Waals surface area contributed by atoms with Crippen molar-refractivity contribution in [3.8, 4) is 0 Å². The maximum Gasteiger partial charge on any atom is 0.200 e. The summed E-state index contributed by atoms with van der Waals surface area (Å²) in [5, 5.41) is 0. The minimum Gasteiger partial charge on any atom is -0.203 e. The van der Waals surface area contributed by atoms with Gasteiger partial charge < -0.3 is 0 Å². The number of rotatable bonds is 2. The molecule has 0 spiro atoms. The van der Waals surface area contributed by atoms with Gasteiger partial charge in [-0.2, -0.15) is 0 Å². The fraction of sp³-hybridized carbons (Fsp3) is 0.333. The Hall–Kier alpha value is -1.17. The smallest absolute Gasteiger partial charge is 0.200 e. The quantitative estimate of drug-likeness (QED) is 0.320. The van der Waals surface area contributed by atoms with E-state index in [1.807, 2.05) is 19.6 Å². The molecule has 0 saturated carbocycles. The average Bonchev–Trinajstić information content (AvgIpc) is 2.21. The number of hydrogen-bond acceptors (Lipinski definition) is 0. The second kappa shape index (κ2) is 4.83. The molecule has 100 valence electrons. The summed E-state index contributed by atoms with van der Waals surface area (Å²) >= 11 is 0. The van der Waals surface area contributed by atoms with Gasteiger partial charge in [0.2, 0.25) is 5.82 Å². The van der Waals surface area contributed by atoms with Gasteiger partial charge >= 0.3 is 0 Å². The van der Waals surface area contributed by atoms with Crippen LogP contribution in [0.3, 0.4) is 0 Å². The Morgan fingerprint density at radius 3 is 1.44 bits per heavy atom. The molecule has 6 heteroatoms. The Bertz CT molecular complexity index is 485. The molecule has 0 heterocycles. The molecule has 0 bridgehead atoms. The summed E-state index contributed by atoms with van der Waals surface area (Å²) in [5.41, 5.74) is 0.821. The van der Waals surface area contributed by atoms with E-state index in [9.17, 15) is 22.0 Å². The van der Waals surface area contributed by atoms with Gasteiger partial charge in [0.1, 0.15) is 0 Å². The molecule has 1 aromatic carbocycles. The Balaban J connectivity index is 3.57. The maximum absolute atomic E-state index is 13.5. The Morgan fingerprint density at radius 1 is 0.778 bits per heavy atom. The van der Waals surface area contributed by atoms with Gasteiger partial charge in [-0.15, -0.1) is 0 Å². The van der Waals surface area contributed by atoms with Crippen molar-refractivity contribution in [2.45, 2.75) is 26.6 Å². The Morgan fingerprint density at radius 2 is 1.11 bits per heavy atom. The lowest BCUT2D eigenvalue weighted by molar-refractivity contribution is 0.376. The lowest BCUT2D eigenvalue weighted by atomic mass is 10.1. The largest absolute Gasteiger partial charge is 0.203 e. The molecule has 1 aromatic rings. The minimum absolute atomic E-state index is 0.0713. The van der Waals surface area contributed by atoms with Gasteiger partial charge in [0.05, 0.1) is 13.6 Å². The van der Waals surface area contributed by atoms with Crippen molar-refractivity contribution in [2.24, 2.45) is 0 Å². The Labute approximate surface area is 103 Å². The third-order valence-electron chi connectivity index (χ3n) is 2.25. The van der Waals surface area contributed by atoms with E-state index >= 15 is 0 Å². The molecule has 0 fully saturated rings. The average molecular weight is 280 g/mol. The first-order valence-corrected chi connectivity index (χ1v) is 8.85. The van der Waals surface area contributed by atoms with Crippen molar-refractivity contribution in [3.05, 3.63) is 40.3 Å². The fourth-order valence-corrected chi connectivity index (χ4v) is 3.12. The van der Waals surface area contributed by atoms with E-state index < -0.39 is 42.7 Å². The van der Waals surface area contributed by atoms with Crippen LogP contribution in [0, 0.1) is 29.1 Å². The van der Waals surface area contributed by atoms with Gasteiger partial charge in [0.25, 0.3) is 0 Å². The van der Waals surface area contributed by atoms with Crippen molar-refractivity contribution in [1.82, 2.24) is 0 Å². The summed E-state index contributed by atoms with van der Waals surface area (Å²) in [7, 11) is -1.83. The van der Waals surface area contributed by atoms with Crippen LogP contribution in [0.2, 0.25) is 19.6 Å². The molecule has 0 aliphatic heterocycles. The number of hydrogen-bond donors (Lipinski definition) is 0. The summed E-state index contributed by atoms with van der Waals surface area (Å²) in [6, 6.07) is 0. The summed E-state index contributed by atoms with van der Waals surface area (Å²) in [5.74, 6) is -9.51. The zero-order valence-corrected chi connectivity index (χ0v) is 11.5. The minimum atomic E-state index is -2.13. The van der Waals surface area contributed by atoms with E-state index in [-0.39, 0.29) is 5.57 Å². The predicted molar refractivity (Wildman–Crippen MR) is 63.2 cm³/mol. The van der Waals surface area contributed by atoms with Crippen LogP contribution in [0.4, 0.5) is 22.0 Å². The van der Waals surface area contributed by atoms with E-state index in [0.29, 0.717) is 0 Å². The van der Waals surface area contributed by atoms with Crippen LogP contribution in [0.15, 0.2) is 5.70 Å². The van der Waals surface area contributed by atoms with Gasteiger partial charge in [-0.05, 0) is 12.5 Å². The third-order valence-corrected chi connectivity index (χ3v) is 3.55. The molecule has 0 radical (unpaired) electrons. The van der Waals surface area contributed by atoms with Crippen molar-refractivity contribution < 1.29 is 22.0 Å². The molecule has 0 nitrogen and oxygen atoms in total. The van der Waals surface area contributed by atoms with E-state index in [2.05, 4.69) is 0 Å². The van der Waals surface area contributed by atoms with E-state index in [1.54, 1.807) is 5.70 Å². The SMILES string of the molecule is C/C(=C\[Si](C)(C)C)c1c(F)c(F)c(F)c(F)c1F. The number of benzene rings is 1. The zero-order chi connectivity index (χ0) is 14.2. The highest BCUT2D eigenvalue weighted by molar-refractivity contribution is 6.81. The number of halogens is 5. The highest BCUT2D eigenvalue weighted by Gasteiger charge is 2.27. The Kier molecular flexibility index (Phi) is 4.00. The summed E-state index contributed by atoms with van der Waals surface area (Å²) in [6.45, 7) is 7.02. The summed E-state index contributed by atoms with van der Waals surface area (Å²) in [6.07, 6.45) is 0. The topological polar surface area (TPSA) is 0 Å². The molecule has 18 heavy (non-hydrogen) atoms. The molecule has 0 atom stereocenters. The molecule has 0 amide bonds.